The smallest absolute Gasteiger partial charge is 0.0101 e. The Kier molecular flexibility index (Phi) is 5.22. The fraction of sp³-hybridized carbons (Fsp3) is 0.800. The second-order valence-electron chi connectivity index (χ2n) is 3.42. The lowest BCUT2D eigenvalue weighted by molar-refractivity contribution is 0.366. The number of rotatable bonds is 4. The Morgan fingerprint density at radius 1 is 1.18 bits per heavy atom. The molecule has 0 aliphatic heterocycles. The van der Waals surface area contributed by atoms with Crippen molar-refractivity contribution < 1.29 is 0 Å². The maximum absolute atomic E-state index is 3.28. The van der Waals surface area contributed by atoms with Crippen LogP contribution >= 0.6 is 0 Å². The van der Waals surface area contributed by atoms with Gasteiger partial charge in [0.15, 0.2) is 0 Å². The molecule has 0 aliphatic rings. The Balaban J connectivity index is 4.09. The first-order valence-electron chi connectivity index (χ1n) is 4.43. The highest BCUT2D eigenvalue weighted by Crippen LogP contribution is 2.16. The number of allylic oxidation sites excluding steroid dienone is 1. The van der Waals surface area contributed by atoms with Crippen LogP contribution in [0.15, 0.2) is 12.2 Å². The third-order valence-electron chi connectivity index (χ3n) is 2.22. The molecule has 0 aromatic rings. The Morgan fingerprint density at radius 3 is 2.00 bits per heavy atom. The molecule has 1 heteroatoms. The van der Waals surface area contributed by atoms with E-state index in [1.54, 1.807) is 0 Å². The molecule has 2 atom stereocenters. The zero-order valence-corrected chi connectivity index (χ0v) is 8.39. The minimum Gasteiger partial charge on any atom is -0.317 e. The van der Waals surface area contributed by atoms with Crippen LogP contribution in [0.25, 0.3) is 0 Å². The minimum atomic E-state index is 0.575. The normalized spacial score (nSPS) is 17.6. The predicted octanol–water partition coefficient (Wildman–Crippen LogP) is 2.44. The summed E-state index contributed by atoms with van der Waals surface area (Å²) < 4.78 is 0. The summed E-state index contributed by atoms with van der Waals surface area (Å²) in [6.45, 7) is 8.83. The van der Waals surface area contributed by atoms with Gasteiger partial charge in [0.2, 0.25) is 0 Å². The first-order valence-corrected chi connectivity index (χ1v) is 4.43. The van der Waals surface area contributed by atoms with E-state index in [1.165, 1.54) is 0 Å². The highest BCUT2D eigenvalue weighted by molar-refractivity contribution is 4.92. The van der Waals surface area contributed by atoms with Gasteiger partial charge in [0.05, 0.1) is 0 Å². The van der Waals surface area contributed by atoms with E-state index in [9.17, 15) is 0 Å². The molecule has 0 amide bonds. The van der Waals surface area contributed by atoms with Crippen LogP contribution in [0.4, 0.5) is 0 Å². The summed E-state index contributed by atoms with van der Waals surface area (Å²) in [6, 6.07) is 0.575. The molecule has 2 unspecified atom stereocenters. The Morgan fingerprint density at radius 2 is 1.73 bits per heavy atom. The lowest BCUT2D eigenvalue weighted by Crippen LogP contribution is -2.32. The van der Waals surface area contributed by atoms with Crippen LogP contribution in [0.2, 0.25) is 0 Å². The summed E-state index contributed by atoms with van der Waals surface area (Å²) in [5, 5.41) is 3.28. The van der Waals surface area contributed by atoms with Gasteiger partial charge >= 0.3 is 0 Å². The minimum absolute atomic E-state index is 0.575. The van der Waals surface area contributed by atoms with Crippen molar-refractivity contribution in [3.63, 3.8) is 0 Å². The average Bonchev–Trinajstić information content (AvgIpc) is 1.98. The largest absolute Gasteiger partial charge is 0.317 e. The van der Waals surface area contributed by atoms with E-state index in [1.807, 2.05) is 7.05 Å². The highest BCUT2D eigenvalue weighted by Gasteiger charge is 2.15. The third kappa shape index (κ3) is 3.57. The monoisotopic (exact) mass is 155 g/mol. The van der Waals surface area contributed by atoms with Crippen molar-refractivity contribution in [3.8, 4) is 0 Å². The van der Waals surface area contributed by atoms with Gasteiger partial charge in [0.1, 0.15) is 0 Å². The van der Waals surface area contributed by atoms with Crippen molar-refractivity contribution in [1.82, 2.24) is 5.32 Å². The first kappa shape index (κ1) is 10.7. The van der Waals surface area contributed by atoms with E-state index in [0.29, 0.717) is 17.9 Å². The summed E-state index contributed by atoms with van der Waals surface area (Å²) in [5.74, 6) is 1.37. The maximum atomic E-state index is 3.28. The van der Waals surface area contributed by atoms with Gasteiger partial charge in [-0.05, 0) is 32.7 Å². The Hall–Kier alpha value is -0.300. The summed E-state index contributed by atoms with van der Waals surface area (Å²) in [4.78, 5) is 0. The van der Waals surface area contributed by atoms with Crippen LogP contribution in [-0.4, -0.2) is 13.1 Å². The molecular weight excluding hydrogens is 134 g/mol. The molecule has 0 bridgehead atoms. The van der Waals surface area contributed by atoms with E-state index in [4.69, 9.17) is 0 Å². The fourth-order valence-corrected chi connectivity index (χ4v) is 1.38. The molecular formula is C10H21N. The van der Waals surface area contributed by atoms with E-state index in [0.717, 1.165) is 0 Å². The summed E-state index contributed by atoms with van der Waals surface area (Å²) in [6.07, 6.45) is 4.42. The van der Waals surface area contributed by atoms with Crippen LogP contribution in [0.5, 0.6) is 0 Å². The lowest BCUT2D eigenvalue weighted by atomic mass is 9.89. The Labute approximate surface area is 70.9 Å². The lowest BCUT2D eigenvalue weighted by Gasteiger charge is -2.23. The van der Waals surface area contributed by atoms with Crippen molar-refractivity contribution in [3.05, 3.63) is 12.2 Å². The first-order chi connectivity index (χ1) is 5.13. The predicted molar refractivity (Wildman–Crippen MR) is 51.7 cm³/mol. The van der Waals surface area contributed by atoms with Gasteiger partial charge < -0.3 is 5.32 Å². The van der Waals surface area contributed by atoms with Crippen molar-refractivity contribution in [2.24, 2.45) is 11.8 Å². The zero-order chi connectivity index (χ0) is 8.85. The van der Waals surface area contributed by atoms with Gasteiger partial charge in [-0.3, -0.25) is 0 Å². The van der Waals surface area contributed by atoms with Gasteiger partial charge in [0.25, 0.3) is 0 Å². The van der Waals surface area contributed by atoms with Gasteiger partial charge in [-0.2, -0.15) is 0 Å². The number of hydrogen-bond acceptors (Lipinski definition) is 1. The molecule has 66 valence electrons. The molecule has 0 aromatic heterocycles. The molecule has 0 aromatic carbocycles. The molecule has 0 rings (SSSR count). The number of nitrogens with one attached hydrogen (secondary N) is 1. The molecule has 1 N–H and O–H groups in total. The maximum Gasteiger partial charge on any atom is 0.0101 e. The molecule has 0 aliphatic carbocycles. The van der Waals surface area contributed by atoms with Crippen LogP contribution in [0.1, 0.15) is 27.7 Å². The standard InChI is InChI=1S/C10H21N/c1-6-7-10(8(2)3)9(4)11-5/h6-11H,1-5H3. The SMILES string of the molecule is CC=CC(C(C)C)C(C)NC. The van der Waals surface area contributed by atoms with Crippen LogP contribution < -0.4 is 5.32 Å². The van der Waals surface area contributed by atoms with Gasteiger partial charge in [-0.1, -0.05) is 26.0 Å². The molecule has 0 saturated carbocycles. The topological polar surface area (TPSA) is 12.0 Å². The van der Waals surface area contributed by atoms with Gasteiger partial charge in [0, 0.05) is 6.04 Å². The molecule has 11 heavy (non-hydrogen) atoms. The van der Waals surface area contributed by atoms with E-state index in [-0.39, 0.29) is 0 Å². The molecule has 0 fully saturated rings. The molecule has 0 radical (unpaired) electrons. The van der Waals surface area contributed by atoms with E-state index < -0.39 is 0 Å². The third-order valence-corrected chi connectivity index (χ3v) is 2.22. The number of hydrogen-bond donors (Lipinski definition) is 1. The fourth-order valence-electron chi connectivity index (χ4n) is 1.38. The van der Waals surface area contributed by atoms with Crippen LogP contribution in [0, 0.1) is 11.8 Å². The quantitative estimate of drug-likeness (QED) is 0.615. The summed E-state index contributed by atoms with van der Waals surface area (Å²) in [7, 11) is 2.02. The van der Waals surface area contributed by atoms with Gasteiger partial charge in [-0.25, -0.2) is 0 Å². The Bertz CT molecular complexity index is 116. The van der Waals surface area contributed by atoms with E-state index in [2.05, 4.69) is 45.2 Å². The zero-order valence-electron chi connectivity index (χ0n) is 8.39. The second kappa shape index (κ2) is 5.36. The van der Waals surface area contributed by atoms with Crippen LogP contribution in [-0.2, 0) is 0 Å². The average molecular weight is 155 g/mol. The van der Waals surface area contributed by atoms with Crippen LogP contribution in [0.3, 0.4) is 0 Å². The van der Waals surface area contributed by atoms with Crippen molar-refractivity contribution >= 4 is 0 Å². The molecule has 0 saturated heterocycles. The summed E-state index contributed by atoms with van der Waals surface area (Å²) in [5.41, 5.74) is 0. The van der Waals surface area contributed by atoms with Crippen molar-refractivity contribution in [2.75, 3.05) is 7.05 Å². The molecule has 0 spiro atoms. The molecule has 0 heterocycles. The van der Waals surface area contributed by atoms with E-state index >= 15 is 0 Å². The second-order valence-corrected chi connectivity index (χ2v) is 3.42. The van der Waals surface area contributed by atoms with Crippen molar-refractivity contribution in [1.29, 1.82) is 0 Å². The van der Waals surface area contributed by atoms with Gasteiger partial charge in [-0.15, -0.1) is 0 Å². The molecule has 1 nitrogen and oxygen atoms in total. The highest BCUT2D eigenvalue weighted by atomic mass is 14.9. The van der Waals surface area contributed by atoms with Crippen molar-refractivity contribution in [2.45, 2.75) is 33.7 Å². The summed E-state index contributed by atoms with van der Waals surface area (Å²) >= 11 is 0.